The van der Waals surface area contributed by atoms with Gasteiger partial charge in [0, 0.05) is 31.7 Å². The van der Waals surface area contributed by atoms with Crippen LogP contribution in [-0.4, -0.2) is 54.9 Å². The van der Waals surface area contributed by atoms with E-state index in [1.165, 1.54) is 12.5 Å². The molecule has 1 aromatic carbocycles. The van der Waals surface area contributed by atoms with Gasteiger partial charge in [-0.05, 0) is 24.3 Å². The summed E-state index contributed by atoms with van der Waals surface area (Å²) in [5.41, 5.74) is 1.14. The predicted octanol–water partition coefficient (Wildman–Crippen LogP) is 1.89. The second-order valence-corrected chi connectivity index (χ2v) is 5.33. The van der Waals surface area contributed by atoms with E-state index in [4.69, 9.17) is 9.15 Å². The lowest BCUT2D eigenvalue weighted by Crippen LogP contribution is -2.50. The number of methoxy groups -OCH3 is 1. The van der Waals surface area contributed by atoms with Gasteiger partial charge in [-0.2, -0.15) is 0 Å². The van der Waals surface area contributed by atoms with Crippen LogP contribution < -0.4 is 4.74 Å². The van der Waals surface area contributed by atoms with Crippen molar-refractivity contribution in [3.05, 3.63) is 54.0 Å². The minimum atomic E-state index is -0.0628. The van der Waals surface area contributed by atoms with E-state index < -0.39 is 0 Å². The maximum absolute atomic E-state index is 12.5. The third kappa shape index (κ3) is 3.21. The highest BCUT2D eigenvalue weighted by atomic mass is 16.5. The molecule has 2 amide bonds. The van der Waals surface area contributed by atoms with Crippen LogP contribution in [0.3, 0.4) is 0 Å². The van der Waals surface area contributed by atoms with Crippen LogP contribution in [-0.2, 0) is 0 Å². The van der Waals surface area contributed by atoms with Crippen LogP contribution in [0.5, 0.6) is 5.75 Å². The average molecular weight is 314 g/mol. The zero-order valence-electron chi connectivity index (χ0n) is 12.9. The van der Waals surface area contributed by atoms with E-state index >= 15 is 0 Å². The third-order valence-electron chi connectivity index (χ3n) is 3.94. The number of furan rings is 1. The molecule has 2 aromatic rings. The smallest absolute Gasteiger partial charge is 0.257 e. The van der Waals surface area contributed by atoms with Crippen molar-refractivity contribution in [1.82, 2.24) is 9.80 Å². The van der Waals surface area contributed by atoms with Crippen molar-refractivity contribution in [3.63, 3.8) is 0 Å². The Morgan fingerprint density at radius 2 is 1.65 bits per heavy atom. The van der Waals surface area contributed by atoms with E-state index in [1.54, 1.807) is 47.2 Å². The molecule has 0 unspecified atom stereocenters. The number of hydrogen-bond acceptors (Lipinski definition) is 4. The van der Waals surface area contributed by atoms with Crippen molar-refractivity contribution in [2.45, 2.75) is 0 Å². The van der Waals surface area contributed by atoms with Gasteiger partial charge in [-0.1, -0.05) is 6.07 Å². The summed E-state index contributed by atoms with van der Waals surface area (Å²) in [5.74, 6) is 0.552. The second kappa shape index (κ2) is 6.56. The standard InChI is InChI=1S/C17H18N2O4/c1-22-15-4-2-3-13(11-15)16(20)18-6-8-19(9-7-18)17(21)14-5-10-23-12-14/h2-5,10-12H,6-9H2,1H3. The molecule has 0 N–H and O–H groups in total. The number of benzene rings is 1. The normalized spacial score (nSPS) is 14.7. The summed E-state index contributed by atoms with van der Waals surface area (Å²) in [6, 6.07) is 8.75. The molecule has 6 heteroatoms. The van der Waals surface area contributed by atoms with Crippen molar-refractivity contribution < 1.29 is 18.7 Å². The van der Waals surface area contributed by atoms with Crippen LogP contribution >= 0.6 is 0 Å². The van der Waals surface area contributed by atoms with Gasteiger partial charge in [0.25, 0.3) is 11.8 Å². The lowest BCUT2D eigenvalue weighted by molar-refractivity contribution is 0.0535. The quantitative estimate of drug-likeness (QED) is 0.868. The molecule has 1 fully saturated rings. The Morgan fingerprint density at radius 3 is 2.22 bits per heavy atom. The summed E-state index contributed by atoms with van der Waals surface area (Å²) in [4.78, 5) is 28.3. The molecule has 23 heavy (non-hydrogen) atoms. The Kier molecular flexibility index (Phi) is 4.32. The van der Waals surface area contributed by atoms with E-state index in [1.807, 2.05) is 0 Å². The van der Waals surface area contributed by atoms with E-state index in [-0.39, 0.29) is 11.8 Å². The SMILES string of the molecule is COc1cccc(C(=O)N2CCN(C(=O)c3ccoc3)CC2)c1. The Labute approximate surface area is 134 Å². The fourth-order valence-corrected chi connectivity index (χ4v) is 2.62. The van der Waals surface area contributed by atoms with Crippen LogP contribution in [0.15, 0.2) is 47.3 Å². The second-order valence-electron chi connectivity index (χ2n) is 5.33. The molecule has 2 heterocycles. The molecule has 1 aliphatic rings. The minimum Gasteiger partial charge on any atom is -0.497 e. The number of nitrogens with zero attached hydrogens (tertiary/aromatic N) is 2. The van der Waals surface area contributed by atoms with Crippen molar-refractivity contribution in [2.75, 3.05) is 33.3 Å². The number of carbonyl (C=O) groups is 2. The fourth-order valence-electron chi connectivity index (χ4n) is 2.62. The first-order valence-electron chi connectivity index (χ1n) is 7.44. The fraction of sp³-hybridized carbons (Fsp3) is 0.294. The molecule has 6 nitrogen and oxygen atoms in total. The molecular weight excluding hydrogens is 296 g/mol. The molecule has 120 valence electrons. The van der Waals surface area contributed by atoms with Gasteiger partial charge in [-0.25, -0.2) is 0 Å². The molecular formula is C17H18N2O4. The van der Waals surface area contributed by atoms with Gasteiger partial charge in [0.2, 0.25) is 0 Å². The van der Waals surface area contributed by atoms with Gasteiger partial charge >= 0.3 is 0 Å². The summed E-state index contributed by atoms with van der Waals surface area (Å²) < 4.78 is 10.1. The maximum atomic E-state index is 12.5. The van der Waals surface area contributed by atoms with Crippen LogP contribution in [0.2, 0.25) is 0 Å². The van der Waals surface area contributed by atoms with Gasteiger partial charge in [-0.15, -0.1) is 0 Å². The highest BCUT2D eigenvalue weighted by Crippen LogP contribution is 2.16. The molecule has 0 radical (unpaired) electrons. The summed E-state index contributed by atoms with van der Waals surface area (Å²) in [6.07, 6.45) is 2.92. The maximum Gasteiger partial charge on any atom is 0.257 e. The van der Waals surface area contributed by atoms with Gasteiger partial charge in [0.15, 0.2) is 0 Å². The van der Waals surface area contributed by atoms with Gasteiger partial charge in [0.05, 0.1) is 18.9 Å². The monoisotopic (exact) mass is 314 g/mol. The van der Waals surface area contributed by atoms with Crippen molar-refractivity contribution >= 4 is 11.8 Å². The molecule has 0 aliphatic carbocycles. The van der Waals surface area contributed by atoms with Gasteiger partial charge < -0.3 is 19.0 Å². The number of carbonyl (C=O) groups excluding carboxylic acids is 2. The van der Waals surface area contributed by atoms with Crippen molar-refractivity contribution in [3.8, 4) is 5.75 Å². The first-order valence-corrected chi connectivity index (χ1v) is 7.44. The highest BCUT2D eigenvalue weighted by molar-refractivity contribution is 5.96. The Hall–Kier alpha value is -2.76. The lowest BCUT2D eigenvalue weighted by atomic mass is 10.1. The van der Waals surface area contributed by atoms with Crippen LogP contribution in [0, 0.1) is 0 Å². The van der Waals surface area contributed by atoms with E-state index in [0.717, 1.165) is 0 Å². The lowest BCUT2D eigenvalue weighted by Gasteiger charge is -2.34. The summed E-state index contributed by atoms with van der Waals surface area (Å²) in [5, 5.41) is 0. The average Bonchev–Trinajstić information content (AvgIpc) is 3.15. The van der Waals surface area contributed by atoms with Crippen LogP contribution in [0.1, 0.15) is 20.7 Å². The van der Waals surface area contributed by atoms with Crippen LogP contribution in [0.25, 0.3) is 0 Å². The molecule has 1 aromatic heterocycles. The molecule has 0 spiro atoms. The summed E-state index contributed by atoms with van der Waals surface area (Å²) >= 11 is 0. The number of ether oxygens (including phenoxy) is 1. The first-order chi connectivity index (χ1) is 11.2. The Balaban J connectivity index is 1.62. The predicted molar refractivity (Wildman–Crippen MR) is 83.5 cm³/mol. The molecule has 0 bridgehead atoms. The molecule has 3 rings (SSSR count). The molecule has 1 saturated heterocycles. The van der Waals surface area contributed by atoms with Gasteiger partial charge in [-0.3, -0.25) is 9.59 Å². The van der Waals surface area contributed by atoms with Crippen LogP contribution in [0.4, 0.5) is 0 Å². The number of amides is 2. The number of piperazine rings is 1. The molecule has 1 aliphatic heterocycles. The number of rotatable bonds is 3. The highest BCUT2D eigenvalue weighted by Gasteiger charge is 2.26. The summed E-state index contributed by atoms with van der Waals surface area (Å²) in [7, 11) is 1.57. The minimum absolute atomic E-state index is 0.0423. The zero-order valence-corrected chi connectivity index (χ0v) is 12.9. The molecule has 0 saturated carbocycles. The van der Waals surface area contributed by atoms with Crippen molar-refractivity contribution in [2.24, 2.45) is 0 Å². The van der Waals surface area contributed by atoms with Gasteiger partial charge in [0.1, 0.15) is 12.0 Å². The first kappa shape index (κ1) is 15.1. The van der Waals surface area contributed by atoms with E-state index in [0.29, 0.717) is 43.1 Å². The van der Waals surface area contributed by atoms with E-state index in [2.05, 4.69) is 0 Å². The number of hydrogen-bond donors (Lipinski definition) is 0. The van der Waals surface area contributed by atoms with E-state index in [9.17, 15) is 9.59 Å². The molecule has 0 atom stereocenters. The largest absolute Gasteiger partial charge is 0.497 e. The topological polar surface area (TPSA) is 63.0 Å². The zero-order chi connectivity index (χ0) is 16.2. The Bertz CT molecular complexity index is 688. The Morgan fingerprint density at radius 1 is 1.00 bits per heavy atom. The third-order valence-corrected chi connectivity index (χ3v) is 3.94. The van der Waals surface area contributed by atoms with Crippen molar-refractivity contribution in [1.29, 1.82) is 0 Å². The summed E-state index contributed by atoms with van der Waals surface area (Å²) in [6.45, 7) is 2.05.